The summed E-state index contributed by atoms with van der Waals surface area (Å²) in [5.74, 6) is 0. The molecule has 18 heavy (non-hydrogen) atoms. The molecular formula is C15H25N3. The predicted octanol–water partition coefficient (Wildman–Crippen LogP) is 3.47. The van der Waals surface area contributed by atoms with Crippen LogP contribution in [0.5, 0.6) is 0 Å². The van der Waals surface area contributed by atoms with E-state index in [-0.39, 0.29) is 5.41 Å². The minimum Gasteiger partial charge on any atom is -0.288 e. The molecule has 0 bridgehead atoms. The summed E-state index contributed by atoms with van der Waals surface area (Å²) in [4.78, 5) is 2.34. The number of hydrogen-bond acceptors (Lipinski definition) is 3. The van der Waals surface area contributed by atoms with Gasteiger partial charge in [-0.25, -0.2) is 0 Å². The van der Waals surface area contributed by atoms with Crippen LogP contribution in [-0.2, 0) is 0 Å². The lowest BCUT2D eigenvalue weighted by molar-refractivity contribution is 0.215. The van der Waals surface area contributed by atoms with Gasteiger partial charge in [0.15, 0.2) is 0 Å². The molecule has 1 aliphatic rings. The first-order chi connectivity index (χ1) is 8.59. The molecule has 3 heteroatoms. The molecule has 0 amide bonds. The lowest BCUT2D eigenvalue weighted by Crippen LogP contribution is -2.34. The first-order valence-electron chi connectivity index (χ1n) is 7.11. The number of unbranched alkanes of at least 4 members (excludes halogenated alkanes) is 1. The Bertz CT molecular complexity index is 316. The van der Waals surface area contributed by atoms with Gasteiger partial charge in [-0.3, -0.25) is 4.90 Å². The molecule has 0 aromatic carbocycles. The van der Waals surface area contributed by atoms with Gasteiger partial charge in [-0.15, -0.1) is 0 Å². The summed E-state index contributed by atoms with van der Waals surface area (Å²) in [5.41, 5.74) is -0.201. The van der Waals surface area contributed by atoms with Crippen molar-refractivity contribution in [1.29, 1.82) is 10.5 Å². The molecule has 0 aromatic rings. The van der Waals surface area contributed by atoms with Crippen molar-refractivity contribution in [2.24, 2.45) is 5.41 Å². The molecule has 0 spiro atoms. The van der Waals surface area contributed by atoms with Crippen molar-refractivity contribution >= 4 is 0 Å². The molecule has 0 radical (unpaired) electrons. The Hall–Kier alpha value is -1.06. The van der Waals surface area contributed by atoms with Gasteiger partial charge in [0.2, 0.25) is 0 Å². The molecule has 1 rings (SSSR count). The SMILES string of the molecule is CC(C)(C#N)CCCCN(CC#N)C1CCCC1. The predicted molar refractivity (Wildman–Crippen MR) is 72.7 cm³/mol. The Labute approximate surface area is 111 Å². The summed E-state index contributed by atoms with van der Waals surface area (Å²) in [6.07, 6.45) is 8.27. The second-order valence-corrected chi connectivity index (χ2v) is 6.02. The van der Waals surface area contributed by atoms with Gasteiger partial charge in [0.25, 0.3) is 0 Å². The fraction of sp³-hybridized carbons (Fsp3) is 0.867. The number of rotatable bonds is 7. The summed E-state index contributed by atoms with van der Waals surface area (Å²) in [6.45, 7) is 5.57. The van der Waals surface area contributed by atoms with Crippen molar-refractivity contribution in [2.45, 2.75) is 64.8 Å². The number of hydrogen-bond donors (Lipinski definition) is 0. The van der Waals surface area contributed by atoms with E-state index in [2.05, 4.69) is 17.0 Å². The zero-order chi connectivity index (χ0) is 13.4. The molecule has 0 heterocycles. The monoisotopic (exact) mass is 247 g/mol. The smallest absolute Gasteiger partial charge is 0.0868 e. The maximum absolute atomic E-state index is 8.96. The summed E-state index contributed by atoms with van der Waals surface area (Å²) >= 11 is 0. The van der Waals surface area contributed by atoms with Gasteiger partial charge < -0.3 is 0 Å². The van der Waals surface area contributed by atoms with Crippen molar-refractivity contribution in [2.75, 3.05) is 13.1 Å². The fourth-order valence-electron chi connectivity index (χ4n) is 2.69. The Kier molecular flexibility index (Phi) is 6.16. The Balaban J connectivity index is 2.26. The van der Waals surface area contributed by atoms with Crippen LogP contribution in [-0.4, -0.2) is 24.0 Å². The van der Waals surface area contributed by atoms with Gasteiger partial charge in [0.05, 0.1) is 24.1 Å². The summed E-state index contributed by atoms with van der Waals surface area (Å²) < 4.78 is 0. The third kappa shape index (κ3) is 5.07. The Morgan fingerprint density at radius 3 is 2.39 bits per heavy atom. The van der Waals surface area contributed by atoms with Crippen LogP contribution in [0.15, 0.2) is 0 Å². The van der Waals surface area contributed by atoms with Gasteiger partial charge in [-0.1, -0.05) is 19.3 Å². The fourth-order valence-corrected chi connectivity index (χ4v) is 2.69. The van der Waals surface area contributed by atoms with Gasteiger partial charge in [-0.2, -0.15) is 10.5 Å². The molecule has 0 unspecified atom stereocenters. The van der Waals surface area contributed by atoms with Crippen LogP contribution in [0.4, 0.5) is 0 Å². The van der Waals surface area contributed by atoms with Crippen molar-refractivity contribution in [3.05, 3.63) is 0 Å². The van der Waals surface area contributed by atoms with E-state index in [4.69, 9.17) is 10.5 Å². The molecular weight excluding hydrogens is 222 g/mol. The van der Waals surface area contributed by atoms with Crippen LogP contribution in [0.25, 0.3) is 0 Å². The normalized spacial score (nSPS) is 16.7. The van der Waals surface area contributed by atoms with Crippen molar-refractivity contribution in [3.8, 4) is 12.1 Å². The summed E-state index contributed by atoms with van der Waals surface area (Å²) in [6, 6.07) is 5.26. The highest BCUT2D eigenvalue weighted by atomic mass is 15.1. The van der Waals surface area contributed by atoms with E-state index in [0.717, 1.165) is 25.8 Å². The van der Waals surface area contributed by atoms with Gasteiger partial charge in [0.1, 0.15) is 0 Å². The second-order valence-electron chi connectivity index (χ2n) is 6.02. The van der Waals surface area contributed by atoms with E-state index in [1.54, 1.807) is 0 Å². The molecule has 1 aliphatic carbocycles. The van der Waals surface area contributed by atoms with E-state index < -0.39 is 0 Å². The molecule has 100 valence electrons. The van der Waals surface area contributed by atoms with E-state index in [1.807, 2.05) is 13.8 Å². The largest absolute Gasteiger partial charge is 0.288 e. The lowest BCUT2D eigenvalue weighted by atomic mass is 9.89. The second kappa shape index (κ2) is 7.39. The topological polar surface area (TPSA) is 50.8 Å². The first-order valence-corrected chi connectivity index (χ1v) is 7.11. The van der Waals surface area contributed by atoms with E-state index in [1.165, 1.54) is 25.7 Å². The molecule has 0 aliphatic heterocycles. The van der Waals surface area contributed by atoms with Crippen LogP contribution >= 0.6 is 0 Å². The van der Waals surface area contributed by atoms with Crippen LogP contribution in [0.1, 0.15) is 58.8 Å². The Morgan fingerprint density at radius 2 is 1.83 bits per heavy atom. The van der Waals surface area contributed by atoms with Gasteiger partial charge in [0, 0.05) is 6.04 Å². The maximum Gasteiger partial charge on any atom is 0.0868 e. The lowest BCUT2D eigenvalue weighted by Gasteiger charge is -2.26. The van der Waals surface area contributed by atoms with Crippen LogP contribution in [0.3, 0.4) is 0 Å². The van der Waals surface area contributed by atoms with Crippen molar-refractivity contribution in [1.82, 2.24) is 4.90 Å². The first kappa shape index (κ1) is 15.0. The zero-order valence-electron chi connectivity index (χ0n) is 11.8. The highest BCUT2D eigenvalue weighted by molar-refractivity contribution is 4.91. The molecule has 0 N–H and O–H groups in total. The molecule has 0 atom stereocenters. The molecule has 1 saturated carbocycles. The molecule has 1 fully saturated rings. The van der Waals surface area contributed by atoms with Crippen molar-refractivity contribution in [3.63, 3.8) is 0 Å². The molecule has 3 nitrogen and oxygen atoms in total. The molecule has 0 saturated heterocycles. The van der Waals surface area contributed by atoms with Gasteiger partial charge in [-0.05, 0) is 46.1 Å². The zero-order valence-corrected chi connectivity index (χ0v) is 11.8. The number of nitriles is 2. The third-order valence-electron chi connectivity index (χ3n) is 3.91. The minimum absolute atomic E-state index is 0.201. The average molecular weight is 247 g/mol. The standard InChI is InChI=1S/C15H25N3/c1-15(2,13-17)9-5-6-11-18(12-10-16)14-7-3-4-8-14/h14H,3-9,11-12H2,1-2H3. The number of nitrogens with zero attached hydrogens (tertiary/aromatic N) is 3. The Morgan fingerprint density at radius 1 is 1.17 bits per heavy atom. The van der Waals surface area contributed by atoms with Crippen LogP contribution in [0.2, 0.25) is 0 Å². The van der Waals surface area contributed by atoms with E-state index in [0.29, 0.717) is 12.6 Å². The van der Waals surface area contributed by atoms with Gasteiger partial charge >= 0.3 is 0 Å². The van der Waals surface area contributed by atoms with E-state index >= 15 is 0 Å². The summed E-state index contributed by atoms with van der Waals surface area (Å²) in [5, 5.41) is 17.8. The third-order valence-corrected chi connectivity index (χ3v) is 3.91. The van der Waals surface area contributed by atoms with Crippen LogP contribution in [0, 0.1) is 28.1 Å². The summed E-state index contributed by atoms with van der Waals surface area (Å²) in [7, 11) is 0. The highest BCUT2D eigenvalue weighted by Gasteiger charge is 2.22. The highest BCUT2D eigenvalue weighted by Crippen LogP contribution is 2.25. The van der Waals surface area contributed by atoms with Crippen molar-refractivity contribution < 1.29 is 0 Å². The average Bonchev–Trinajstić information content (AvgIpc) is 2.87. The van der Waals surface area contributed by atoms with E-state index in [9.17, 15) is 0 Å². The van der Waals surface area contributed by atoms with Crippen LogP contribution < -0.4 is 0 Å². The maximum atomic E-state index is 8.96. The molecule has 0 aromatic heterocycles. The quantitative estimate of drug-likeness (QED) is 0.511. The minimum atomic E-state index is -0.201.